The van der Waals surface area contributed by atoms with E-state index in [1.807, 2.05) is 31.2 Å². The summed E-state index contributed by atoms with van der Waals surface area (Å²) in [5, 5.41) is 8.36. The first-order valence-electron chi connectivity index (χ1n) is 10.2. The Hall–Kier alpha value is -4.72. The number of aromatic nitrogens is 2. The van der Waals surface area contributed by atoms with E-state index in [-0.39, 0.29) is 11.9 Å². The minimum absolute atomic E-state index is 0.263. The second-order valence-corrected chi connectivity index (χ2v) is 7.10. The number of nitrogens with zero attached hydrogens (tertiary/aromatic N) is 2. The van der Waals surface area contributed by atoms with Crippen LogP contribution in [0.3, 0.4) is 0 Å². The number of ether oxygens (including phenoxy) is 1. The number of benzene rings is 3. The molecule has 3 N–H and O–H groups in total. The van der Waals surface area contributed by atoms with Gasteiger partial charge >= 0.3 is 6.03 Å². The standard InChI is InChI=1S/C25H21N5O3/c1-17-15-21(33-23-16-26-13-14-27-23)11-12-22(17)30-24(31)18-7-9-20(10-8-18)29-25(32)28-19-5-3-2-4-6-19/h2-16H,1H3,(H,30,31)(H2,28,29,32). The molecule has 4 rings (SSSR count). The zero-order valence-corrected chi connectivity index (χ0v) is 17.8. The number of nitrogens with one attached hydrogen (secondary N) is 3. The summed E-state index contributed by atoms with van der Waals surface area (Å²) in [6, 6.07) is 20.7. The molecule has 0 spiro atoms. The molecule has 164 valence electrons. The number of rotatable bonds is 6. The van der Waals surface area contributed by atoms with Gasteiger partial charge < -0.3 is 20.7 Å². The topological polar surface area (TPSA) is 105 Å². The van der Waals surface area contributed by atoms with Gasteiger partial charge in [-0.15, -0.1) is 0 Å². The van der Waals surface area contributed by atoms with Crippen LogP contribution in [0.2, 0.25) is 0 Å². The molecule has 0 fully saturated rings. The van der Waals surface area contributed by atoms with Crippen LogP contribution in [0.15, 0.2) is 91.4 Å². The fourth-order valence-corrected chi connectivity index (χ4v) is 3.01. The fraction of sp³-hybridized carbons (Fsp3) is 0.0400. The Morgan fingerprint density at radius 1 is 0.818 bits per heavy atom. The number of hydrogen-bond donors (Lipinski definition) is 3. The number of para-hydroxylation sites is 1. The molecule has 0 aliphatic rings. The van der Waals surface area contributed by atoms with Gasteiger partial charge in [-0.05, 0) is 67.1 Å². The highest BCUT2D eigenvalue weighted by atomic mass is 16.5. The van der Waals surface area contributed by atoms with Crippen LogP contribution in [0.5, 0.6) is 11.6 Å². The van der Waals surface area contributed by atoms with Gasteiger partial charge in [-0.1, -0.05) is 18.2 Å². The number of carbonyl (C=O) groups excluding carboxylic acids is 2. The molecular formula is C25H21N5O3. The Kier molecular flexibility index (Phi) is 6.56. The van der Waals surface area contributed by atoms with Crippen LogP contribution >= 0.6 is 0 Å². The number of urea groups is 1. The maximum Gasteiger partial charge on any atom is 0.323 e. The average molecular weight is 439 g/mol. The zero-order valence-electron chi connectivity index (χ0n) is 17.8. The second-order valence-electron chi connectivity index (χ2n) is 7.10. The molecule has 3 aromatic carbocycles. The minimum Gasteiger partial charge on any atom is -0.437 e. The summed E-state index contributed by atoms with van der Waals surface area (Å²) in [5.41, 5.74) is 3.22. The summed E-state index contributed by atoms with van der Waals surface area (Å²) < 4.78 is 5.66. The van der Waals surface area contributed by atoms with Crippen LogP contribution in [0.25, 0.3) is 0 Å². The van der Waals surface area contributed by atoms with E-state index in [1.54, 1.807) is 60.9 Å². The van der Waals surface area contributed by atoms with Crippen molar-refractivity contribution in [2.45, 2.75) is 6.92 Å². The van der Waals surface area contributed by atoms with Gasteiger partial charge in [0.15, 0.2) is 0 Å². The van der Waals surface area contributed by atoms with Crippen LogP contribution in [0.4, 0.5) is 21.9 Å². The van der Waals surface area contributed by atoms with Gasteiger partial charge in [0.25, 0.3) is 5.91 Å². The lowest BCUT2D eigenvalue weighted by Gasteiger charge is -2.11. The molecule has 1 aromatic heterocycles. The summed E-state index contributed by atoms with van der Waals surface area (Å²) in [5.74, 6) is 0.719. The normalized spacial score (nSPS) is 10.2. The van der Waals surface area contributed by atoms with Crippen molar-refractivity contribution in [1.29, 1.82) is 0 Å². The van der Waals surface area contributed by atoms with Crippen LogP contribution < -0.4 is 20.7 Å². The van der Waals surface area contributed by atoms with Gasteiger partial charge in [-0.2, -0.15) is 0 Å². The van der Waals surface area contributed by atoms with Crippen LogP contribution in [-0.4, -0.2) is 21.9 Å². The highest BCUT2D eigenvalue weighted by Crippen LogP contribution is 2.25. The van der Waals surface area contributed by atoms with Gasteiger partial charge in [-0.25, -0.2) is 9.78 Å². The highest BCUT2D eigenvalue weighted by molar-refractivity contribution is 6.05. The maximum absolute atomic E-state index is 12.7. The van der Waals surface area contributed by atoms with E-state index in [0.717, 1.165) is 5.56 Å². The highest BCUT2D eigenvalue weighted by Gasteiger charge is 2.10. The lowest BCUT2D eigenvalue weighted by molar-refractivity contribution is 0.102. The molecule has 3 amide bonds. The van der Waals surface area contributed by atoms with Crippen molar-refractivity contribution in [1.82, 2.24) is 9.97 Å². The van der Waals surface area contributed by atoms with Crippen molar-refractivity contribution in [2.24, 2.45) is 0 Å². The van der Waals surface area contributed by atoms with Gasteiger partial charge in [0.05, 0.1) is 6.20 Å². The Morgan fingerprint density at radius 2 is 1.55 bits per heavy atom. The Bertz CT molecular complexity index is 1250. The number of hydrogen-bond acceptors (Lipinski definition) is 5. The molecule has 0 saturated carbocycles. The minimum atomic E-state index is -0.363. The quantitative estimate of drug-likeness (QED) is 0.369. The zero-order chi connectivity index (χ0) is 23.0. The first-order chi connectivity index (χ1) is 16.1. The summed E-state index contributed by atoms with van der Waals surface area (Å²) >= 11 is 0. The molecule has 0 bridgehead atoms. The third-order valence-electron chi connectivity index (χ3n) is 4.64. The summed E-state index contributed by atoms with van der Waals surface area (Å²) in [7, 11) is 0. The van der Waals surface area contributed by atoms with E-state index in [1.165, 1.54) is 6.20 Å². The van der Waals surface area contributed by atoms with Gasteiger partial charge in [0.2, 0.25) is 5.88 Å². The maximum atomic E-state index is 12.7. The molecular weight excluding hydrogens is 418 g/mol. The third kappa shape index (κ3) is 5.92. The molecule has 0 aliphatic heterocycles. The number of anilines is 3. The van der Waals surface area contributed by atoms with Crippen molar-refractivity contribution in [3.63, 3.8) is 0 Å². The number of carbonyl (C=O) groups is 2. The average Bonchev–Trinajstić information content (AvgIpc) is 2.82. The predicted octanol–water partition coefficient (Wildman–Crippen LogP) is 5.47. The molecule has 1 heterocycles. The van der Waals surface area contributed by atoms with Gasteiger partial charge in [0.1, 0.15) is 5.75 Å². The van der Waals surface area contributed by atoms with Gasteiger partial charge in [0, 0.05) is 35.0 Å². The second kappa shape index (κ2) is 10.1. The van der Waals surface area contributed by atoms with E-state index in [2.05, 4.69) is 25.9 Å². The summed E-state index contributed by atoms with van der Waals surface area (Å²) in [6.45, 7) is 1.87. The summed E-state index contributed by atoms with van der Waals surface area (Å²) in [4.78, 5) is 32.8. The molecule has 8 heteroatoms. The monoisotopic (exact) mass is 439 g/mol. The third-order valence-corrected chi connectivity index (χ3v) is 4.64. The smallest absolute Gasteiger partial charge is 0.323 e. The molecule has 0 atom stereocenters. The molecule has 0 aliphatic carbocycles. The number of amides is 3. The fourth-order valence-electron chi connectivity index (χ4n) is 3.01. The lowest BCUT2D eigenvalue weighted by atomic mass is 10.1. The van der Waals surface area contributed by atoms with Crippen LogP contribution in [0.1, 0.15) is 15.9 Å². The molecule has 0 radical (unpaired) electrons. The van der Waals surface area contributed by atoms with Crippen molar-refractivity contribution in [3.8, 4) is 11.6 Å². The van der Waals surface area contributed by atoms with E-state index in [0.29, 0.717) is 34.3 Å². The van der Waals surface area contributed by atoms with Crippen molar-refractivity contribution in [3.05, 3.63) is 103 Å². The largest absolute Gasteiger partial charge is 0.437 e. The molecule has 4 aromatic rings. The van der Waals surface area contributed by atoms with E-state index in [9.17, 15) is 9.59 Å². The van der Waals surface area contributed by atoms with E-state index >= 15 is 0 Å². The van der Waals surface area contributed by atoms with Crippen molar-refractivity contribution >= 4 is 29.0 Å². The Morgan fingerprint density at radius 3 is 2.21 bits per heavy atom. The Balaban J connectivity index is 1.35. The summed E-state index contributed by atoms with van der Waals surface area (Å²) in [6.07, 6.45) is 4.64. The van der Waals surface area contributed by atoms with E-state index in [4.69, 9.17) is 4.74 Å². The van der Waals surface area contributed by atoms with Crippen LogP contribution in [0, 0.1) is 6.92 Å². The van der Waals surface area contributed by atoms with Crippen molar-refractivity contribution in [2.75, 3.05) is 16.0 Å². The molecule has 8 nitrogen and oxygen atoms in total. The molecule has 0 saturated heterocycles. The van der Waals surface area contributed by atoms with Crippen molar-refractivity contribution < 1.29 is 14.3 Å². The number of aryl methyl sites for hydroxylation is 1. The first kappa shape index (κ1) is 21.5. The van der Waals surface area contributed by atoms with E-state index < -0.39 is 0 Å². The van der Waals surface area contributed by atoms with Crippen LogP contribution in [-0.2, 0) is 0 Å². The SMILES string of the molecule is Cc1cc(Oc2cnccn2)ccc1NC(=O)c1ccc(NC(=O)Nc2ccccc2)cc1. The Labute approximate surface area is 190 Å². The van der Waals surface area contributed by atoms with Gasteiger partial charge in [-0.3, -0.25) is 9.78 Å². The molecule has 0 unspecified atom stereocenters. The lowest BCUT2D eigenvalue weighted by Crippen LogP contribution is -2.19. The molecule has 33 heavy (non-hydrogen) atoms. The first-order valence-corrected chi connectivity index (χ1v) is 10.2. The predicted molar refractivity (Wildman–Crippen MR) is 127 cm³/mol.